The van der Waals surface area contributed by atoms with E-state index in [-0.39, 0.29) is 11.8 Å². The number of benzene rings is 1. The molecule has 0 heterocycles. The van der Waals surface area contributed by atoms with Crippen LogP contribution in [0, 0.1) is 0 Å². The van der Waals surface area contributed by atoms with E-state index in [2.05, 4.69) is 5.32 Å². The van der Waals surface area contributed by atoms with Crippen LogP contribution in [0.25, 0.3) is 0 Å². The lowest BCUT2D eigenvalue weighted by molar-refractivity contribution is -0.122. The quantitative estimate of drug-likeness (QED) is 0.735. The van der Waals surface area contributed by atoms with Crippen LogP contribution in [-0.2, 0) is 4.79 Å². The minimum atomic E-state index is -0.0672. The number of amides is 1. The van der Waals surface area contributed by atoms with Gasteiger partial charge >= 0.3 is 0 Å². The standard InChI is InChI=1S/C14H20N2O/c1-2-13(12-8-4-3-5-9-12)14(17)16-11-7-6-10-15/h3-9,13H,2,10-11,15H2,1H3,(H,16,17)/b7-6+. The van der Waals surface area contributed by atoms with Crippen molar-refractivity contribution in [3.63, 3.8) is 0 Å². The van der Waals surface area contributed by atoms with Gasteiger partial charge in [0.2, 0.25) is 5.91 Å². The maximum absolute atomic E-state index is 12.0. The third-order valence-corrected chi connectivity index (χ3v) is 2.62. The molecule has 0 saturated carbocycles. The fourth-order valence-corrected chi connectivity index (χ4v) is 1.72. The van der Waals surface area contributed by atoms with Gasteiger partial charge in [-0.2, -0.15) is 0 Å². The van der Waals surface area contributed by atoms with Gasteiger partial charge in [-0.25, -0.2) is 0 Å². The molecule has 1 aromatic rings. The predicted octanol–water partition coefficient (Wildman–Crippen LogP) is 1.81. The molecular weight excluding hydrogens is 212 g/mol. The highest BCUT2D eigenvalue weighted by molar-refractivity contribution is 5.83. The second kappa shape index (κ2) is 7.63. The Hall–Kier alpha value is -1.61. The number of hydrogen-bond acceptors (Lipinski definition) is 2. The van der Waals surface area contributed by atoms with Crippen molar-refractivity contribution in [3.05, 3.63) is 48.0 Å². The average molecular weight is 232 g/mol. The zero-order valence-electron chi connectivity index (χ0n) is 10.2. The van der Waals surface area contributed by atoms with Crippen molar-refractivity contribution in [2.24, 2.45) is 5.73 Å². The second-order valence-electron chi connectivity index (χ2n) is 3.82. The van der Waals surface area contributed by atoms with Crippen LogP contribution < -0.4 is 11.1 Å². The molecule has 0 aliphatic carbocycles. The van der Waals surface area contributed by atoms with E-state index < -0.39 is 0 Å². The molecule has 0 aromatic heterocycles. The molecule has 3 nitrogen and oxygen atoms in total. The summed E-state index contributed by atoms with van der Waals surface area (Å²) in [6, 6.07) is 9.85. The fourth-order valence-electron chi connectivity index (χ4n) is 1.72. The third-order valence-electron chi connectivity index (χ3n) is 2.62. The molecule has 0 fully saturated rings. The maximum Gasteiger partial charge on any atom is 0.227 e. The van der Waals surface area contributed by atoms with E-state index in [1.54, 1.807) is 0 Å². The van der Waals surface area contributed by atoms with E-state index in [1.165, 1.54) is 0 Å². The van der Waals surface area contributed by atoms with E-state index in [9.17, 15) is 4.79 Å². The maximum atomic E-state index is 12.0. The van der Waals surface area contributed by atoms with Crippen LogP contribution in [0.4, 0.5) is 0 Å². The molecular formula is C14H20N2O. The van der Waals surface area contributed by atoms with E-state index in [0.717, 1.165) is 12.0 Å². The summed E-state index contributed by atoms with van der Waals surface area (Å²) < 4.78 is 0. The van der Waals surface area contributed by atoms with Crippen LogP contribution in [-0.4, -0.2) is 19.0 Å². The summed E-state index contributed by atoms with van der Waals surface area (Å²) in [4.78, 5) is 12.0. The Kier molecular flexibility index (Phi) is 6.04. The lowest BCUT2D eigenvalue weighted by atomic mass is 9.96. The van der Waals surface area contributed by atoms with Crippen molar-refractivity contribution in [2.75, 3.05) is 13.1 Å². The van der Waals surface area contributed by atoms with Crippen molar-refractivity contribution >= 4 is 5.91 Å². The summed E-state index contributed by atoms with van der Waals surface area (Å²) in [5.74, 6) is 0.00264. The highest BCUT2D eigenvalue weighted by atomic mass is 16.1. The summed E-state index contributed by atoms with van der Waals surface area (Å²) in [6.45, 7) is 3.07. The van der Waals surface area contributed by atoms with Crippen molar-refractivity contribution in [1.29, 1.82) is 0 Å². The van der Waals surface area contributed by atoms with Gasteiger partial charge in [0.25, 0.3) is 0 Å². The van der Waals surface area contributed by atoms with Crippen molar-refractivity contribution in [1.82, 2.24) is 5.32 Å². The largest absolute Gasteiger partial charge is 0.352 e. The minimum absolute atomic E-state index is 0.0672. The number of carbonyl (C=O) groups is 1. The Morgan fingerprint density at radius 3 is 2.65 bits per heavy atom. The second-order valence-corrected chi connectivity index (χ2v) is 3.82. The molecule has 17 heavy (non-hydrogen) atoms. The van der Waals surface area contributed by atoms with Gasteiger partial charge in [0.1, 0.15) is 0 Å². The first-order valence-corrected chi connectivity index (χ1v) is 5.97. The van der Waals surface area contributed by atoms with Crippen LogP contribution in [0.3, 0.4) is 0 Å². The first-order chi connectivity index (χ1) is 8.29. The van der Waals surface area contributed by atoms with E-state index in [0.29, 0.717) is 13.1 Å². The Bertz CT molecular complexity index is 360. The zero-order chi connectivity index (χ0) is 12.5. The molecule has 0 spiro atoms. The van der Waals surface area contributed by atoms with Gasteiger partial charge in [-0.05, 0) is 12.0 Å². The Balaban J connectivity index is 2.56. The highest BCUT2D eigenvalue weighted by Crippen LogP contribution is 2.18. The summed E-state index contributed by atoms with van der Waals surface area (Å²) in [6.07, 6.45) is 4.51. The van der Waals surface area contributed by atoms with Gasteiger partial charge in [0.05, 0.1) is 5.92 Å². The Morgan fingerprint density at radius 2 is 2.06 bits per heavy atom. The first-order valence-electron chi connectivity index (χ1n) is 5.97. The molecule has 92 valence electrons. The summed E-state index contributed by atoms with van der Waals surface area (Å²) in [5.41, 5.74) is 6.39. The molecule has 0 bridgehead atoms. The van der Waals surface area contributed by atoms with Crippen molar-refractivity contribution in [2.45, 2.75) is 19.3 Å². The predicted molar refractivity (Wildman–Crippen MR) is 70.7 cm³/mol. The molecule has 1 aromatic carbocycles. The molecule has 1 atom stereocenters. The normalized spacial score (nSPS) is 12.6. The zero-order valence-corrected chi connectivity index (χ0v) is 10.2. The number of nitrogens with two attached hydrogens (primary N) is 1. The van der Waals surface area contributed by atoms with Crippen LogP contribution in [0.15, 0.2) is 42.5 Å². The van der Waals surface area contributed by atoms with Gasteiger partial charge < -0.3 is 11.1 Å². The van der Waals surface area contributed by atoms with Gasteiger partial charge in [-0.1, -0.05) is 49.4 Å². The lowest BCUT2D eigenvalue weighted by Crippen LogP contribution is -2.29. The van der Waals surface area contributed by atoms with Crippen LogP contribution in [0.1, 0.15) is 24.8 Å². The van der Waals surface area contributed by atoms with Crippen molar-refractivity contribution < 1.29 is 4.79 Å². The van der Waals surface area contributed by atoms with Crippen LogP contribution in [0.5, 0.6) is 0 Å². The summed E-state index contributed by atoms with van der Waals surface area (Å²) in [7, 11) is 0. The topological polar surface area (TPSA) is 55.1 Å². The number of hydrogen-bond donors (Lipinski definition) is 2. The van der Waals surface area contributed by atoms with Crippen LogP contribution in [0.2, 0.25) is 0 Å². The molecule has 0 radical (unpaired) electrons. The highest BCUT2D eigenvalue weighted by Gasteiger charge is 2.17. The molecule has 1 rings (SSSR count). The molecule has 3 heteroatoms. The van der Waals surface area contributed by atoms with E-state index in [1.807, 2.05) is 49.4 Å². The van der Waals surface area contributed by atoms with Gasteiger partial charge in [0, 0.05) is 13.1 Å². The molecule has 1 unspecified atom stereocenters. The molecule has 0 saturated heterocycles. The monoisotopic (exact) mass is 232 g/mol. The van der Waals surface area contributed by atoms with Crippen molar-refractivity contribution in [3.8, 4) is 0 Å². The Labute approximate surface area is 103 Å². The Morgan fingerprint density at radius 1 is 1.35 bits per heavy atom. The molecule has 1 amide bonds. The molecule has 3 N–H and O–H groups in total. The summed E-state index contributed by atoms with van der Waals surface area (Å²) in [5, 5.41) is 2.89. The summed E-state index contributed by atoms with van der Waals surface area (Å²) >= 11 is 0. The lowest BCUT2D eigenvalue weighted by Gasteiger charge is -2.14. The number of rotatable bonds is 6. The minimum Gasteiger partial charge on any atom is -0.352 e. The fraction of sp³-hybridized carbons (Fsp3) is 0.357. The van der Waals surface area contributed by atoms with Gasteiger partial charge in [-0.15, -0.1) is 0 Å². The third kappa shape index (κ3) is 4.41. The average Bonchev–Trinajstić information content (AvgIpc) is 2.37. The smallest absolute Gasteiger partial charge is 0.227 e. The first kappa shape index (κ1) is 13.5. The van der Waals surface area contributed by atoms with Crippen LogP contribution >= 0.6 is 0 Å². The van der Waals surface area contributed by atoms with E-state index >= 15 is 0 Å². The van der Waals surface area contributed by atoms with Gasteiger partial charge in [-0.3, -0.25) is 4.79 Å². The molecule has 0 aliphatic rings. The van der Waals surface area contributed by atoms with E-state index in [4.69, 9.17) is 5.73 Å². The molecule has 0 aliphatic heterocycles. The SMILES string of the molecule is CCC(C(=O)NC/C=C/CN)c1ccccc1. The number of carbonyl (C=O) groups excluding carboxylic acids is 1. The number of nitrogens with one attached hydrogen (secondary N) is 1. The van der Waals surface area contributed by atoms with Gasteiger partial charge in [0.15, 0.2) is 0 Å².